The summed E-state index contributed by atoms with van der Waals surface area (Å²) >= 11 is 0. The third-order valence-corrected chi connectivity index (χ3v) is 3.54. The fourth-order valence-electron chi connectivity index (χ4n) is 2.33. The van der Waals surface area contributed by atoms with E-state index in [1.54, 1.807) is 18.2 Å². The van der Waals surface area contributed by atoms with Gasteiger partial charge in [0.2, 0.25) is 0 Å². The molecule has 1 heterocycles. The fourth-order valence-corrected chi connectivity index (χ4v) is 2.33. The normalized spacial score (nSPS) is 28.9. The van der Waals surface area contributed by atoms with Gasteiger partial charge in [-0.25, -0.2) is 8.78 Å². The van der Waals surface area contributed by atoms with Gasteiger partial charge in [-0.3, -0.25) is 0 Å². The third-order valence-electron chi connectivity index (χ3n) is 3.54. The SMILES string of the molecule is NCC1(c2ccc3c(c2)OCCO3)CC1(F)F. The molecular weight excluding hydrogens is 228 g/mol. The molecule has 1 unspecified atom stereocenters. The van der Waals surface area contributed by atoms with Gasteiger partial charge in [-0.2, -0.15) is 0 Å². The molecule has 1 saturated carbocycles. The van der Waals surface area contributed by atoms with Crippen LogP contribution in [0, 0.1) is 0 Å². The van der Waals surface area contributed by atoms with Gasteiger partial charge >= 0.3 is 0 Å². The first-order valence-corrected chi connectivity index (χ1v) is 5.57. The number of hydrogen-bond acceptors (Lipinski definition) is 3. The summed E-state index contributed by atoms with van der Waals surface area (Å²) in [5.74, 6) is -1.56. The third kappa shape index (κ3) is 1.42. The molecule has 2 N–H and O–H groups in total. The van der Waals surface area contributed by atoms with E-state index in [-0.39, 0.29) is 13.0 Å². The molecule has 0 radical (unpaired) electrons. The van der Waals surface area contributed by atoms with E-state index >= 15 is 0 Å². The lowest BCUT2D eigenvalue weighted by Crippen LogP contribution is -2.27. The second-order valence-corrected chi connectivity index (χ2v) is 4.53. The predicted octanol–water partition coefficient (Wildman–Crippen LogP) is 1.69. The van der Waals surface area contributed by atoms with Crippen molar-refractivity contribution in [3.05, 3.63) is 23.8 Å². The summed E-state index contributed by atoms with van der Waals surface area (Å²) in [5, 5.41) is 0. The van der Waals surface area contributed by atoms with Gasteiger partial charge in [0.1, 0.15) is 13.2 Å². The molecule has 0 spiro atoms. The van der Waals surface area contributed by atoms with Crippen LogP contribution in [0.5, 0.6) is 11.5 Å². The van der Waals surface area contributed by atoms with Crippen molar-refractivity contribution in [1.29, 1.82) is 0 Å². The molecule has 0 amide bonds. The van der Waals surface area contributed by atoms with Crippen molar-refractivity contribution in [2.24, 2.45) is 5.73 Å². The molecule has 1 aliphatic carbocycles. The van der Waals surface area contributed by atoms with Crippen LogP contribution < -0.4 is 15.2 Å². The van der Waals surface area contributed by atoms with Gasteiger partial charge in [0.25, 0.3) is 5.92 Å². The van der Waals surface area contributed by atoms with Gasteiger partial charge in [0, 0.05) is 13.0 Å². The number of rotatable bonds is 2. The summed E-state index contributed by atoms with van der Waals surface area (Å²) in [7, 11) is 0. The molecule has 0 aromatic heterocycles. The van der Waals surface area contributed by atoms with Crippen LogP contribution in [-0.4, -0.2) is 25.7 Å². The predicted molar refractivity (Wildman–Crippen MR) is 57.7 cm³/mol. The standard InChI is InChI=1S/C12H13F2NO2/c13-12(14)6-11(12,7-15)8-1-2-9-10(5-8)17-4-3-16-9/h1-2,5H,3-4,6-7,15H2. The Bertz CT molecular complexity index is 464. The minimum Gasteiger partial charge on any atom is -0.486 e. The molecule has 1 aliphatic heterocycles. The van der Waals surface area contributed by atoms with E-state index in [1.165, 1.54) is 0 Å². The van der Waals surface area contributed by atoms with Crippen LogP contribution in [0.25, 0.3) is 0 Å². The van der Waals surface area contributed by atoms with Crippen molar-refractivity contribution >= 4 is 0 Å². The second-order valence-electron chi connectivity index (χ2n) is 4.53. The number of alkyl halides is 2. The Labute approximate surface area is 97.5 Å². The highest BCUT2D eigenvalue weighted by Gasteiger charge is 2.71. The van der Waals surface area contributed by atoms with Crippen molar-refractivity contribution < 1.29 is 18.3 Å². The van der Waals surface area contributed by atoms with Crippen LogP contribution in [0.4, 0.5) is 8.78 Å². The summed E-state index contributed by atoms with van der Waals surface area (Å²) in [6.45, 7) is 0.882. The molecule has 17 heavy (non-hydrogen) atoms. The van der Waals surface area contributed by atoms with Crippen LogP contribution in [0.3, 0.4) is 0 Å². The number of halogens is 2. The van der Waals surface area contributed by atoms with E-state index in [0.29, 0.717) is 30.3 Å². The van der Waals surface area contributed by atoms with Crippen molar-refractivity contribution in [3.63, 3.8) is 0 Å². The summed E-state index contributed by atoms with van der Waals surface area (Å²) < 4.78 is 37.6. The van der Waals surface area contributed by atoms with Crippen molar-refractivity contribution in [2.75, 3.05) is 19.8 Å². The van der Waals surface area contributed by atoms with Crippen molar-refractivity contribution in [3.8, 4) is 11.5 Å². The average Bonchev–Trinajstić information content (AvgIpc) is 2.92. The van der Waals surface area contributed by atoms with Crippen LogP contribution in [0.15, 0.2) is 18.2 Å². The van der Waals surface area contributed by atoms with E-state index < -0.39 is 11.3 Å². The lowest BCUT2D eigenvalue weighted by Gasteiger charge is -2.21. The number of fused-ring (bicyclic) bond motifs is 1. The highest BCUT2D eigenvalue weighted by molar-refractivity contribution is 5.49. The lowest BCUT2D eigenvalue weighted by atomic mass is 9.95. The van der Waals surface area contributed by atoms with Crippen LogP contribution in [-0.2, 0) is 5.41 Å². The highest BCUT2D eigenvalue weighted by Crippen LogP contribution is 2.61. The topological polar surface area (TPSA) is 44.5 Å². The molecule has 2 aliphatic rings. The number of nitrogens with two attached hydrogens (primary N) is 1. The zero-order valence-electron chi connectivity index (χ0n) is 9.21. The Hall–Kier alpha value is -1.36. The summed E-state index contributed by atoms with van der Waals surface area (Å²) in [4.78, 5) is 0. The van der Waals surface area contributed by atoms with Gasteiger partial charge in [0.05, 0.1) is 5.41 Å². The summed E-state index contributed by atoms with van der Waals surface area (Å²) in [6.07, 6.45) is -0.184. The maximum Gasteiger partial charge on any atom is 0.260 e. The molecule has 3 nitrogen and oxygen atoms in total. The molecule has 1 atom stereocenters. The number of hydrogen-bond donors (Lipinski definition) is 1. The smallest absolute Gasteiger partial charge is 0.260 e. The molecule has 5 heteroatoms. The van der Waals surface area contributed by atoms with Crippen LogP contribution in [0.1, 0.15) is 12.0 Å². The van der Waals surface area contributed by atoms with Crippen molar-refractivity contribution in [2.45, 2.75) is 17.8 Å². The molecule has 92 valence electrons. The van der Waals surface area contributed by atoms with E-state index in [1.807, 2.05) is 0 Å². The van der Waals surface area contributed by atoms with E-state index in [2.05, 4.69) is 0 Å². The first kappa shape index (κ1) is 10.8. The van der Waals surface area contributed by atoms with E-state index in [4.69, 9.17) is 15.2 Å². The largest absolute Gasteiger partial charge is 0.486 e. The molecular formula is C12H13F2NO2. The number of ether oxygens (including phenoxy) is 2. The summed E-state index contributed by atoms with van der Waals surface area (Å²) in [5.41, 5.74) is 4.83. The zero-order valence-corrected chi connectivity index (χ0v) is 9.21. The maximum atomic E-state index is 13.4. The van der Waals surface area contributed by atoms with Gasteiger partial charge in [-0.05, 0) is 17.7 Å². The maximum absolute atomic E-state index is 13.4. The van der Waals surface area contributed by atoms with E-state index in [0.717, 1.165) is 0 Å². The first-order valence-electron chi connectivity index (χ1n) is 5.57. The molecule has 1 aromatic rings. The minimum atomic E-state index is -2.70. The van der Waals surface area contributed by atoms with Crippen molar-refractivity contribution in [1.82, 2.24) is 0 Å². The first-order chi connectivity index (χ1) is 8.09. The molecule has 1 fully saturated rings. The van der Waals surface area contributed by atoms with E-state index in [9.17, 15) is 8.78 Å². The van der Waals surface area contributed by atoms with Gasteiger partial charge < -0.3 is 15.2 Å². The van der Waals surface area contributed by atoms with Crippen LogP contribution >= 0.6 is 0 Å². The molecule has 0 saturated heterocycles. The molecule has 3 rings (SSSR count). The number of benzene rings is 1. The second kappa shape index (κ2) is 3.32. The zero-order chi connectivity index (χ0) is 12.1. The van der Waals surface area contributed by atoms with Gasteiger partial charge in [-0.15, -0.1) is 0 Å². The Morgan fingerprint density at radius 1 is 1.18 bits per heavy atom. The van der Waals surface area contributed by atoms with Gasteiger partial charge in [0.15, 0.2) is 11.5 Å². The Kier molecular flexibility index (Phi) is 2.10. The monoisotopic (exact) mass is 241 g/mol. The molecule has 1 aromatic carbocycles. The average molecular weight is 241 g/mol. The van der Waals surface area contributed by atoms with Crippen LogP contribution in [0.2, 0.25) is 0 Å². The lowest BCUT2D eigenvalue weighted by molar-refractivity contribution is 0.0894. The Morgan fingerprint density at radius 2 is 1.82 bits per heavy atom. The summed E-state index contributed by atoms with van der Waals surface area (Å²) in [6, 6.07) is 4.96. The highest BCUT2D eigenvalue weighted by atomic mass is 19.3. The quantitative estimate of drug-likeness (QED) is 0.857. The minimum absolute atomic E-state index is 0.0559. The van der Waals surface area contributed by atoms with Gasteiger partial charge in [-0.1, -0.05) is 6.07 Å². The fraction of sp³-hybridized carbons (Fsp3) is 0.500. The Balaban J connectivity index is 2.00. The molecule has 0 bridgehead atoms. The Morgan fingerprint density at radius 3 is 2.41 bits per heavy atom.